The molecule has 0 aromatic heterocycles. The molecule has 1 aromatic carbocycles. The number of nitrogens with zero attached hydrogens (tertiary/aromatic N) is 1. The third-order valence-electron chi connectivity index (χ3n) is 3.37. The molecule has 1 heterocycles. The van der Waals surface area contributed by atoms with Crippen LogP contribution in [0.3, 0.4) is 0 Å². The smallest absolute Gasteiger partial charge is 0.318 e. The highest BCUT2D eigenvalue weighted by atomic mass is 79.9. The van der Waals surface area contributed by atoms with Crippen molar-refractivity contribution in [3.8, 4) is 0 Å². The van der Waals surface area contributed by atoms with E-state index in [4.69, 9.17) is 5.11 Å². The van der Waals surface area contributed by atoms with Crippen LogP contribution >= 0.6 is 15.9 Å². The summed E-state index contributed by atoms with van der Waals surface area (Å²) in [6, 6.07) is 4.14. The number of carbonyl (C=O) groups is 1. The van der Waals surface area contributed by atoms with Crippen LogP contribution in [0.15, 0.2) is 33.6 Å². The molecule has 8 nitrogen and oxygen atoms in total. The van der Waals surface area contributed by atoms with E-state index in [9.17, 15) is 26.7 Å². The molecule has 0 radical (unpaired) electrons. The average Bonchev–Trinajstić information content (AvgIpc) is 2.69. The third kappa shape index (κ3) is 4.10. The molecule has 0 saturated carbocycles. The molecule has 0 spiro atoms. The number of carboxylic acids is 1. The van der Waals surface area contributed by atoms with Crippen LogP contribution in [-0.4, -0.2) is 67.5 Å². The second-order valence-electron chi connectivity index (χ2n) is 5.11. The average molecular weight is 428 g/mol. The molecule has 11 heteroatoms. The number of halogens is 1. The number of benzene rings is 1. The van der Waals surface area contributed by atoms with Gasteiger partial charge in [0.15, 0.2) is 9.84 Å². The van der Waals surface area contributed by atoms with E-state index >= 15 is 0 Å². The third-order valence-corrected chi connectivity index (χ3v) is 7.49. The minimum atomic E-state index is -4.27. The maximum absolute atomic E-state index is 12.7. The van der Waals surface area contributed by atoms with Crippen molar-refractivity contribution in [3.63, 3.8) is 0 Å². The molecule has 1 aromatic rings. The van der Waals surface area contributed by atoms with Gasteiger partial charge in [0, 0.05) is 4.47 Å². The number of hydrogen-bond acceptors (Lipinski definition) is 6. The van der Waals surface area contributed by atoms with E-state index in [-0.39, 0.29) is 4.90 Å². The Labute approximate surface area is 141 Å². The first-order valence-corrected chi connectivity index (χ1v) is 10.5. The van der Waals surface area contributed by atoms with Gasteiger partial charge in [-0.3, -0.25) is 4.79 Å². The lowest BCUT2D eigenvalue weighted by Gasteiger charge is -2.27. The van der Waals surface area contributed by atoms with Crippen LogP contribution < -0.4 is 0 Å². The molecule has 0 unspecified atom stereocenters. The van der Waals surface area contributed by atoms with E-state index in [1.807, 2.05) is 0 Å². The Kier molecular flexibility index (Phi) is 5.16. The van der Waals surface area contributed by atoms with Gasteiger partial charge in [0.25, 0.3) is 0 Å². The maximum Gasteiger partial charge on any atom is 0.318 e. The minimum Gasteiger partial charge on any atom is -0.480 e. The largest absolute Gasteiger partial charge is 0.480 e. The van der Waals surface area contributed by atoms with Crippen LogP contribution in [0.5, 0.6) is 0 Å². The van der Waals surface area contributed by atoms with Crippen molar-refractivity contribution in [2.45, 2.75) is 17.0 Å². The van der Waals surface area contributed by atoms with E-state index in [1.54, 1.807) is 0 Å². The summed E-state index contributed by atoms with van der Waals surface area (Å²) in [6.45, 7) is -0.935. The number of sulfonamides is 1. The molecule has 23 heavy (non-hydrogen) atoms. The van der Waals surface area contributed by atoms with E-state index < -0.39 is 56.0 Å². The van der Waals surface area contributed by atoms with E-state index in [2.05, 4.69) is 15.9 Å². The molecule has 0 aliphatic carbocycles. The Balaban J connectivity index is 2.46. The van der Waals surface area contributed by atoms with Crippen LogP contribution in [0.25, 0.3) is 0 Å². The van der Waals surface area contributed by atoms with Gasteiger partial charge in [-0.1, -0.05) is 15.9 Å². The predicted octanol–water partition coefficient (Wildman–Crippen LogP) is -0.318. The lowest BCUT2D eigenvalue weighted by Crippen LogP contribution is -2.48. The van der Waals surface area contributed by atoms with Crippen LogP contribution in [0.2, 0.25) is 0 Å². The summed E-state index contributed by atoms with van der Waals surface area (Å²) in [6.07, 6.45) is -1.47. The van der Waals surface area contributed by atoms with Gasteiger partial charge in [-0.05, 0) is 24.3 Å². The summed E-state index contributed by atoms with van der Waals surface area (Å²) < 4.78 is 49.7. The minimum absolute atomic E-state index is 0.182. The first-order valence-electron chi connectivity index (χ1n) is 6.40. The molecular formula is C12H14BrNO7S2. The Morgan fingerprint density at radius 2 is 1.83 bits per heavy atom. The van der Waals surface area contributed by atoms with Crippen molar-refractivity contribution in [1.29, 1.82) is 0 Å². The van der Waals surface area contributed by atoms with Crippen molar-refractivity contribution in [3.05, 3.63) is 28.7 Å². The summed E-state index contributed by atoms with van der Waals surface area (Å²) >= 11 is 3.16. The van der Waals surface area contributed by atoms with Crippen molar-refractivity contribution in [1.82, 2.24) is 4.31 Å². The van der Waals surface area contributed by atoms with Gasteiger partial charge in [-0.2, -0.15) is 4.31 Å². The molecule has 1 saturated heterocycles. The van der Waals surface area contributed by atoms with Gasteiger partial charge in [0.2, 0.25) is 10.0 Å². The monoisotopic (exact) mass is 427 g/mol. The number of rotatable bonds is 5. The second kappa shape index (κ2) is 6.48. The lowest BCUT2D eigenvalue weighted by molar-refractivity contribution is -0.137. The first kappa shape index (κ1) is 18.3. The van der Waals surface area contributed by atoms with Gasteiger partial charge in [0.1, 0.15) is 6.54 Å². The number of carboxylic acid groups (broad SMARTS) is 1. The topological polar surface area (TPSA) is 129 Å². The number of aliphatic carboxylic acids is 1. The number of hydrogen-bond donors (Lipinski definition) is 2. The van der Waals surface area contributed by atoms with Crippen LogP contribution in [0.1, 0.15) is 0 Å². The molecule has 0 amide bonds. The fraction of sp³-hybridized carbons (Fsp3) is 0.417. The normalized spacial score (nSPS) is 24.0. The zero-order valence-electron chi connectivity index (χ0n) is 11.7. The summed E-state index contributed by atoms with van der Waals surface area (Å²) in [5.74, 6) is -2.65. The van der Waals surface area contributed by atoms with E-state index in [1.165, 1.54) is 24.3 Å². The number of sulfone groups is 1. The zero-order chi connectivity index (χ0) is 17.4. The predicted molar refractivity (Wildman–Crippen MR) is 84.1 cm³/mol. The highest BCUT2D eigenvalue weighted by Crippen LogP contribution is 2.26. The Hall–Kier alpha value is -1.01. The van der Waals surface area contributed by atoms with Crippen LogP contribution in [0, 0.1) is 0 Å². The van der Waals surface area contributed by atoms with E-state index in [0.29, 0.717) is 8.78 Å². The number of aliphatic hydroxyl groups excluding tert-OH is 1. The molecular weight excluding hydrogens is 414 g/mol. The molecule has 0 bridgehead atoms. The standard InChI is InChI=1S/C12H14BrNO7S2/c13-8-1-3-9(4-2-8)23(20,21)14(5-12(16)17)10-6-22(18,19)7-11(10)15/h1-4,10-11,15H,5-7H2,(H,16,17)/t10-,11+/m0/s1. The van der Waals surface area contributed by atoms with Gasteiger partial charge >= 0.3 is 5.97 Å². The molecule has 2 rings (SSSR count). The molecule has 128 valence electrons. The fourth-order valence-electron chi connectivity index (χ4n) is 2.34. The highest BCUT2D eigenvalue weighted by molar-refractivity contribution is 9.10. The molecule has 2 atom stereocenters. The summed E-state index contributed by atoms with van der Waals surface area (Å²) in [5.41, 5.74) is 0. The van der Waals surface area contributed by atoms with E-state index in [0.717, 1.165) is 0 Å². The Morgan fingerprint density at radius 3 is 2.26 bits per heavy atom. The van der Waals surface area contributed by atoms with Gasteiger partial charge < -0.3 is 10.2 Å². The summed E-state index contributed by atoms with van der Waals surface area (Å²) in [7, 11) is -7.90. The Bertz CT molecular complexity index is 804. The molecule has 2 N–H and O–H groups in total. The first-order chi connectivity index (χ1) is 10.5. The number of aliphatic hydroxyl groups is 1. The van der Waals surface area contributed by atoms with Crippen molar-refractivity contribution in [2.24, 2.45) is 0 Å². The molecule has 1 aliphatic rings. The van der Waals surface area contributed by atoms with Crippen LogP contribution in [-0.2, 0) is 24.7 Å². The van der Waals surface area contributed by atoms with Crippen molar-refractivity contribution < 1.29 is 31.8 Å². The molecule has 1 fully saturated rings. The fourth-order valence-corrected chi connectivity index (χ4v) is 6.10. The lowest BCUT2D eigenvalue weighted by atomic mass is 10.2. The second-order valence-corrected chi connectivity index (χ2v) is 10.1. The summed E-state index contributed by atoms with van der Waals surface area (Å²) in [5, 5.41) is 18.8. The van der Waals surface area contributed by atoms with Crippen LogP contribution in [0.4, 0.5) is 0 Å². The van der Waals surface area contributed by atoms with Gasteiger partial charge in [0.05, 0.1) is 28.5 Å². The van der Waals surface area contributed by atoms with Crippen molar-refractivity contribution in [2.75, 3.05) is 18.1 Å². The quantitative estimate of drug-likeness (QED) is 0.658. The zero-order valence-corrected chi connectivity index (χ0v) is 14.9. The Morgan fingerprint density at radius 1 is 1.26 bits per heavy atom. The summed E-state index contributed by atoms with van der Waals surface area (Å²) in [4.78, 5) is 10.8. The highest BCUT2D eigenvalue weighted by Gasteiger charge is 2.45. The van der Waals surface area contributed by atoms with Crippen molar-refractivity contribution >= 4 is 41.8 Å². The van der Waals surface area contributed by atoms with Gasteiger partial charge in [-0.25, -0.2) is 16.8 Å². The molecule has 1 aliphatic heterocycles. The van der Waals surface area contributed by atoms with Gasteiger partial charge in [-0.15, -0.1) is 0 Å². The SMILES string of the molecule is O=C(O)CN([C@H]1CS(=O)(=O)C[C@H]1O)S(=O)(=O)c1ccc(Br)cc1. The maximum atomic E-state index is 12.7.